The average Bonchev–Trinajstić information content (AvgIpc) is 3.08. The molecule has 1 saturated heterocycles. The minimum absolute atomic E-state index is 0.191. The first kappa shape index (κ1) is 11.6. The summed E-state index contributed by atoms with van der Waals surface area (Å²) in [6.45, 7) is 1.50. The van der Waals surface area contributed by atoms with Crippen LogP contribution in [0, 0.1) is 17.1 Å². The zero-order valence-electron chi connectivity index (χ0n) is 10.1. The lowest BCUT2D eigenvalue weighted by atomic mass is 10.3. The highest BCUT2D eigenvalue weighted by Gasteiger charge is 2.26. The van der Waals surface area contributed by atoms with Gasteiger partial charge in [0, 0.05) is 19.3 Å². The molecule has 1 aliphatic rings. The number of nitriles is 1. The molecule has 0 aromatic carbocycles. The summed E-state index contributed by atoms with van der Waals surface area (Å²) >= 11 is 0. The number of rotatable bonds is 2. The molecule has 0 saturated carbocycles. The second kappa shape index (κ2) is 4.65. The van der Waals surface area contributed by atoms with E-state index >= 15 is 0 Å². The summed E-state index contributed by atoms with van der Waals surface area (Å²) in [5, 5.41) is 13.0. The van der Waals surface area contributed by atoms with Crippen LogP contribution in [0.2, 0.25) is 0 Å². The van der Waals surface area contributed by atoms with Crippen LogP contribution < -0.4 is 4.90 Å². The molecule has 0 radical (unpaired) electrons. The molecule has 2 aromatic heterocycles. The van der Waals surface area contributed by atoms with Gasteiger partial charge in [0.25, 0.3) is 0 Å². The normalized spacial score (nSPS) is 18.5. The van der Waals surface area contributed by atoms with E-state index in [1.54, 1.807) is 17.1 Å². The van der Waals surface area contributed by atoms with Gasteiger partial charge in [-0.15, -0.1) is 0 Å². The van der Waals surface area contributed by atoms with Crippen molar-refractivity contribution in [2.75, 3.05) is 18.0 Å². The minimum atomic E-state index is -0.440. The molecular weight excluding hydrogens is 247 g/mol. The van der Waals surface area contributed by atoms with E-state index in [1.807, 2.05) is 4.90 Å². The topological polar surface area (TPSA) is 70.6 Å². The fourth-order valence-electron chi connectivity index (χ4n) is 2.20. The monoisotopic (exact) mass is 258 g/mol. The summed E-state index contributed by atoms with van der Waals surface area (Å²) < 4.78 is 14.6. The molecule has 3 heterocycles. The Morgan fingerprint density at radius 2 is 2.11 bits per heavy atom. The summed E-state index contributed by atoms with van der Waals surface area (Å²) in [4.78, 5) is 9.92. The van der Waals surface area contributed by atoms with Crippen molar-refractivity contribution in [2.45, 2.75) is 12.5 Å². The highest BCUT2D eigenvalue weighted by Crippen LogP contribution is 2.24. The zero-order chi connectivity index (χ0) is 13.2. The molecule has 1 fully saturated rings. The SMILES string of the molecule is N#Cc1cnn(C2CCN(c3ncc(F)cn3)C2)c1. The van der Waals surface area contributed by atoms with E-state index in [-0.39, 0.29) is 6.04 Å². The zero-order valence-corrected chi connectivity index (χ0v) is 10.1. The third-order valence-corrected chi connectivity index (χ3v) is 3.16. The van der Waals surface area contributed by atoms with Crippen molar-refractivity contribution in [2.24, 2.45) is 0 Å². The molecular formula is C12H11FN6. The first-order chi connectivity index (χ1) is 9.26. The average molecular weight is 258 g/mol. The largest absolute Gasteiger partial charge is 0.339 e. The smallest absolute Gasteiger partial charge is 0.225 e. The van der Waals surface area contributed by atoms with E-state index in [2.05, 4.69) is 21.1 Å². The Morgan fingerprint density at radius 1 is 1.32 bits per heavy atom. The lowest BCUT2D eigenvalue weighted by Gasteiger charge is -2.15. The van der Waals surface area contributed by atoms with Crippen molar-refractivity contribution in [1.82, 2.24) is 19.7 Å². The van der Waals surface area contributed by atoms with Gasteiger partial charge >= 0.3 is 0 Å². The summed E-state index contributed by atoms with van der Waals surface area (Å²) in [7, 11) is 0. The molecule has 1 atom stereocenters. The number of hydrogen-bond acceptors (Lipinski definition) is 5. The maximum absolute atomic E-state index is 12.8. The molecule has 0 amide bonds. The van der Waals surface area contributed by atoms with Crippen LogP contribution in [0.3, 0.4) is 0 Å². The maximum atomic E-state index is 12.8. The number of nitrogens with zero attached hydrogens (tertiary/aromatic N) is 6. The summed E-state index contributed by atoms with van der Waals surface area (Å²) in [6.07, 6.45) is 6.51. The molecule has 3 rings (SSSR count). The second-order valence-corrected chi connectivity index (χ2v) is 4.41. The van der Waals surface area contributed by atoms with Gasteiger partial charge in [0.05, 0.1) is 30.2 Å². The van der Waals surface area contributed by atoms with Crippen LogP contribution in [0.1, 0.15) is 18.0 Å². The van der Waals surface area contributed by atoms with Crippen LogP contribution in [0.15, 0.2) is 24.8 Å². The summed E-state index contributed by atoms with van der Waals surface area (Å²) in [5.41, 5.74) is 0.552. The number of halogens is 1. The molecule has 0 aliphatic carbocycles. The van der Waals surface area contributed by atoms with E-state index in [4.69, 9.17) is 5.26 Å². The van der Waals surface area contributed by atoms with Gasteiger partial charge in [-0.05, 0) is 6.42 Å². The third-order valence-electron chi connectivity index (χ3n) is 3.16. The van der Waals surface area contributed by atoms with Crippen LogP contribution in [-0.4, -0.2) is 32.8 Å². The Morgan fingerprint density at radius 3 is 2.79 bits per heavy atom. The second-order valence-electron chi connectivity index (χ2n) is 4.41. The maximum Gasteiger partial charge on any atom is 0.225 e. The van der Waals surface area contributed by atoms with Crippen LogP contribution >= 0.6 is 0 Å². The Hall–Kier alpha value is -2.49. The molecule has 19 heavy (non-hydrogen) atoms. The van der Waals surface area contributed by atoms with Gasteiger partial charge in [-0.25, -0.2) is 14.4 Å². The first-order valence-electron chi connectivity index (χ1n) is 5.93. The highest BCUT2D eigenvalue weighted by atomic mass is 19.1. The number of hydrogen-bond donors (Lipinski definition) is 0. The van der Waals surface area contributed by atoms with Gasteiger partial charge < -0.3 is 4.90 Å². The molecule has 0 spiro atoms. The fraction of sp³-hybridized carbons (Fsp3) is 0.333. The minimum Gasteiger partial charge on any atom is -0.339 e. The van der Waals surface area contributed by atoms with Crippen molar-refractivity contribution in [1.29, 1.82) is 5.26 Å². The first-order valence-corrected chi connectivity index (χ1v) is 5.93. The van der Waals surface area contributed by atoms with Crippen molar-refractivity contribution in [3.05, 3.63) is 36.2 Å². The van der Waals surface area contributed by atoms with Crippen molar-refractivity contribution in [3.8, 4) is 6.07 Å². The van der Waals surface area contributed by atoms with Crippen LogP contribution in [0.25, 0.3) is 0 Å². The van der Waals surface area contributed by atoms with Crippen molar-refractivity contribution in [3.63, 3.8) is 0 Å². The molecule has 2 aromatic rings. The lowest BCUT2D eigenvalue weighted by Crippen LogP contribution is -2.23. The lowest BCUT2D eigenvalue weighted by molar-refractivity contribution is 0.494. The van der Waals surface area contributed by atoms with E-state index in [0.29, 0.717) is 18.1 Å². The molecule has 1 aliphatic heterocycles. The standard InChI is InChI=1S/C12H11FN6/c13-10-5-15-12(16-6-10)18-2-1-11(8-18)19-7-9(3-14)4-17-19/h4-7,11H,1-2,8H2. The van der Waals surface area contributed by atoms with E-state index in [0.717, 1.165) is 25.4 Å². The molecule has 0 bridgehead atoms. The van der Waals surface area contributed by atoms with Gasteiger partial charge in [0.1, 0.15) is 6.07 Å². The van der Waals surface area contributed by atoms with Gasteiger partial charge in [-0.1, -0.05) is 0 Å². The number of anilines is 1. The predicted octanol–water partition coefficient (Wildman–Crippen LogP) is 1.14. The van der Waals surface area contributed by atoms with Crippen LogP contribution in [0.4, 0.5) is 10.3 Å². The van der Waals surface area contributed by atoms with Gasteiger partial charge in [-0.2, -0.15) is 10.4 Å². The Bertz CT molecular complexity index is 614. The van der Waals surface area contributed by atoms with Gasteiger partial charge in [0.15, 0.2) is 5.82 Å². The van der Waals surface area contributed by atoms with Crippen molar-refractivity contribution < 1.29 is 4.39 Å². The van der Waals surface area contributed by atoms with Crippen LogP contribution in [-0.2, 0) is 0 Å². The Balaban J connectivity index is 1.73. The quantitative estimate of drug-likeness (QED) is 0.807. The molecule has 1 unspecified atom stereocenters. The van der Waals surface area contributed by atoms with Gasteiger partial charge in [0.2, 0.25) is 5.95 Å². The molecule has 0 N–H and O–H groups in total. The fourth-order valence-corrected chi connectivity index (χ4v) is 2.20. The van der Waals surface area contributed by atoms with Gasteiger partial charge in [-0.3, -0.25) is 4.68 Å². The molecule has 7 heteroatoms. The predicted molar refractivity (Wildman–Crippen MR) is 64.8 cm³/mol. The number of aromatic nitrogens is 4. The summed E-state index contributed by atoms with van der Waals surface area (Å²) in [5.74, 6) is 0.0850. The molecule has 6 nitrogen and oxygen atoms in total. The highest BCUT2D eigenvalue weighted by molar-refractivity contribution is 5.31. The summed E-state index contributed by atoms with van der Waals surface area (Å²) in [6, 6.07) is 2.25. The molecule has 96 valence electrons. The third kappa shape index (κ3) is 2.25. The Labute approximate surface area is 109 Å². The van der Waals surface area contributed by atoms with E-state index in [9.17, 15) is 4.39 Å². The Kier molecular flexibility index (Phi) is 2.83. The van der Waals surface area contributed by atoms with Crippen LogP contribution in [0.5, 0.6) is 0 Å². The van der Waals surface area contributed by atoms with E-state index < -0.39 is 5.82 Å². The van der Waals surface area contributed by atoms with Crippen molar-refractivity contribution >= 4 is 5.95 Å². The van der Waals surface area contributed by atoms with E-state index in [1.165, 1.54) is 0 Å².